The van der Waals surface area contributed by atoms with Gasteiger partial charge in [0.05, 0.1) is 0 Å². The Labute approximate surface area is 99.3 Å². The predicted octanol–water partition coefficient (Wildman–Crippen LogP) is -1.95. The van der Waals surface area contributed by atoms with Gasteiger partial charge in [0.25, 0.3) is 0 Å². The molecule has 5 heavy (non-hydrogen) atoms. The van der Waals surface area contributed by atoms with Crippen LogP contribution in [-0.2, 0) is 41.9 Å². The van der Waals surface area contributed by atoms with Crippen molar-refractivity contribution in [3.63, 3.8) is 0 Å². The third-order valence-electron chi connectivity index (χ3n) is 0. The molecule has 0 saturated carbocycles. The van der Waals surface area contributed by atoms with Crippen LogP contribution in [0.5, 0.6) is 0 Å². The third kappa shape index (κ3) is 18.9. The van der Waals surface area contributed by atoms with E-state index in [9.17, 15) is 0 Å². The normalized spacial score (nSPS) is 0. The summed E-state index contributed by atoms with van der Waals surface area (Å²) in [5.41, 5.74) is 0. The molecule has 0 aliphatic heterocycles. The molecule has 0 aromatic carbocycles. The minimum Gasteiger partial charge on any atom is 0 e. The van der Waals surface area contributed by atoms with Gasteiger partial charge in [-0.2, -0.15) is 0 Å². The molecule has 4 radical (unpaired) electrons. The zero-order valence-corrected chi connectivity index (χ0v) is 7.19. The van der Waals surface area contributed by atoms with Crippen LogP contribution >= 0.6 is 0 Å². The Kier molecular flexibility index (Phi) is 219. The summed E-state index contributed by atoms with van der Waals surface area (Å²) in [6.07, 6.45) is 0. The minimum atomic E-state index is 0. The second-order valence-corrected chi connectivity index (χ2v) is 0. The molecule has 0 fully saturated rings. The Bertz CT molecular complexity index is 11.6. The maximum atomic E-state index is 0. The zero-order chi connectivity index (χ0) is 0. The van der Waals surface area contributed by atoms with Crippen molar-refractivity contribution < 1.29 is 41.9 Å². The largest absolute Gasteiger partial charge is 0.316 e. The quantitative estimate of drug-likeness (QED) is 0.428. The Morgan fingerprint density at radius 2 is 1.00 bits per heavy atom. The Morgan fingerprint density at radius 1 is 1.00 bits per heavy atom. The molecule has 0 N–H and O–H groups in total. The maximum absolute atomic E-state index is 0. The van der Waals surface area contributed by atoms with Crippen LogP contribution in [0.25, 0.3) is 0 Å². The van der Waals surface area contributed by atoms with Gasteiger partial charge in [0.15, 0.2) is 0 Å². The summed E-state index contributed by atoms with van der Waals surface area (Å²) in [6, 6.07) is 0. The Balaban J connectivity index is 0. The molecule has 0 unspecified atom stereocenters. The van der Waals surface area contributed by atoms with Crippen LogP contribution in [0, 0.1) is 0 Å². The van der Waals surface area contributed by atoms with E-state index < -0.39 is 0 Å². The van der Waals surface area contributed by atoms with Crippen LogP contribution in [0.2, 0.25) is 0 Å². The molecule has 0 aromatic heterocycles. The molecule has 0 aromatic rings. The monoisotopic (exact) mass is 232 g/mol. The van der Waals surface area contributed by atoms with Crippen molar-refractivity contribution in [1.82, 2.24) is 0 Å². The Morgan fingerprint density at radius 3 is 1.00 bits per heavy atom. The van der Waals surface area contributed by atoms with Crippen molar-refractivity contribution in [2.24, 2.45) is 0 Å². The van der Waals surface area contributed by atoms with Crippen LogP contribution in [0.4, 0.5) is 0 Å². The van der Waals surface area contributed by atoms with E-state index in [1.165, 1.54) is 0 Å². The molecule has 0 bridgehead atoms. The third-order valence-corrected chi connectivity index (χ3v) is 0. The van der Waals surface area contributed by atoms with Gasteiger partial charge in [-0.15, -0.1) is 0 Å². The summed E-state index contributed by atoms with van der Waals surface area (Å²) in [4.78, 5) is 0. The van der Waals surface area contributed by atoms with E-state index >= 15 is 0 Å². The van der Waals surface area contributed by atoms with Gasteiger partial charge in [0.2, 0.25) is 0 Å². The second-order valence-electron chi connectivity index (χ2n) is 0. The molecule has 0 atom stereocenters. The van der Waals surface area contributed by atoms with Crippen molar-refractivity contribution in [3.8, 4) is 0 Å². The smallest absolute Gasteiger partial charge is 0 e. The summed E-state index contributed by atoms with van der Waals surface area (Å²) >= 11 is 0. The van der Waals surface area contributed by atoms with E-state index in [2.05, 4.69) is 0 Å². The van der Waals surface area contributed by atoms with Crippen LogP contribution in [0.3, 0.4) is 0 Å². The van der Waals surface area contributed by atoms with E-state index in [1.807, 2.05) is 0 Å². The number of hydrogen-bond acceptors (Lipinski definition) is 0. The van der Waals surface area contributed by atoms with Gasteiger partial charge in [0.1, 0.15) is 0 Å². The van der Waals surface area contributed by atoms with Crippen molar-refractivity contribution >= 4 is 59.3 Å². The van der Waals surface area contributed by atoms with Crippen molar-refractivity contribution in [1.29, 1.82) is 0 Å². The molecule has 0 nitrogen and oxygen atoms in total. The summed E-state index contributed by atoms with van der Waals surface area (Å²) < 4.78 is 0. The van der Waals surface area contributed by atoms with Crippen molar-refractivity contribution in [2.45, 2.75) is 0 Å². The fourth-order valence-corrected chi connectivity index (χ4v) is 0. The van der Waals surface area contributed by atoms with Gasteiger partial charge in [-0.25, -0.2) is 0 Å². The summed E-state index contributed by atoms with van der Waals surface area (Å²) in [7, 11) is 0. The molecule has 0 spiro atoms. The van der Waals surface area contributed by atoms with Crippen LogP contribution in [-0.4, -0.2) is 59.3 Å². The molecule has 0 aliphatic carbocycles. The van der Waals surface area contributed by atoms with E-state index in [4.69, 9.17) is 0 Å². The van der Waals surface area contributed by atoms with E-state index in [1.54, 1.807) is 0 Å². The summed E-state index contributed by atoms with van der Waals surface area (Å²) in [5, 5.41) is 0. The molecule has 5 heteroatoms. The van der Waals surface area contributed by atoms with Gasteiger partial charge < -0.3 is 0 Å². The van der Waals surface area contributed by atoms with Gasteiger partial charge in [-0.05, 0) is 0 Å². The molecule has 0 rings (SSSR count). The van der Waals surface area contributed by atoms with E-state index in [0.29, 0.717) is 0 Å². The van der Waals surface area contributed by atoms with Crippen LogP contribution in [0.15, 0.2) is 0 Å². The van der Waals surface area contributed by atoms with Gasteiger partial charge in [-0.1, -0.05) is 0 Å². The molecule has 0 saturated heterocycles. The zero-order valence-electron chi connectivity index (χ0n) is 1.59. The number of rotatable bonds is 0. The van der Waals surface area contributed by atoms with Crippen molar-refractivity contribution in [2.75, 3.05) is 0 Å². The second kappa shape index (κ2) is 26.8. The first-order chi connectivity index (χ1) is 0. The van der Waals surface area contributed by atoms with Gasteiger partial charge >= 0.3 is 41.9 Å². The minimum absolute atomic E-state index is 0. The molecule has 0 heterocycles. The van der Waals surface area contributed by atoms with E-state index in [0.717, 1.165) is 0 Å². The van der Waals surface area contributed by atoms with Crippen LogP contribution < -0.4 is 0 Å². The fourth-order valence-electron chi connectivity index (χ4n) is 0. The van der Waals surface area contributed by atoms with Gasteiger partial charge in [-0.3, -0.25) is 0 Å². The SMILES string of the molecule is [Ag].[Al].[LiH].[MgH2].[Zn]. The van der Waals surface area contributed by atoms with Crippen molar-refractivity contribution in [3.05, 3.63) is 0 Å². The summed E-state index contributed by atoms with van der Waals surface area (Å²) in [5.74, 6) is 0. The molecule has 22 valence electrons. The van der Waals surface area contributed by atoms with E-state index in [-0.39, 0.29) is 101 Å². The molecule has 0 aliphatic rings. The molecular formula is H3AgAlLiMgZn. The first-order valence-corrected chi connectivity index (χ1v) is 0. The predicted molar refractivity (Wildman–Crippen MR) is 21.4 cm³/mol. The number of hydrogen-bond donors (Lipinski definition) is 0. The van der Waals surface area contributed by atoms with Gasteiger partial charge in [0, 0.05) is 59.2 Å². The first-order valence-electron chi connectivity index (χ1n) is 0. The van der Waals surface area contributed by atoms with Crippen LogP contribution in [0.1, 0.15) is 0 Å². The first kappa shape index (κ1) is 41.0. The standard InChI is InChI=1S/Ag.Al.Li.Mg.Zn.3H. The maximum Gasteiger partial charge on any atom is 0.316 e. The molecule has 0 amide bonds. The fraction of sp³-hybridized carbons (Fsp3) is 0. The average Bonchev–Trinajstić information content (AvgIpc) is 0. The topological polar surface area (TPSA) is 0 Å². The average molecular weight is 235 g/mol. The molecular weight excluding hydrogens is 231 g/mol. The Hall–Kier alpha value is 3.26. The summed E-state index contributed by atoms with van der Waals surface area (Å²) in [6.45, 7) is 0.